The maximum Gasteiger partial charge on any atom is 0.159 e. The summed E-state index contributed by atoms with van der Waals surface area (Å²) in [4.78, 5) is 4.47. The summed E-state index contributed by atoms with van der Waals surface area (Å²) in [6.45, 7) is 0.953. The number of fused-ring (bicyclic) bond motifs is 3. The Morgan fingerprint density at radius 3 is 2.73 bits per heavy atom. The van der Waals surface area contributed by atoms with E-state index in [0.29, 0.717) is 35.5 Å². The lowest BCUT2D eigenvalue weighted by molar-refractivity contribution is 0.0821. The molecule has 3 rings (SSSR count). The SMILES string of the molecule is CN[C@H]1COCc2nc(NCCO)c3cc(F)c(F)cc3c21. The standard InChI is InChI=1S/C15H17F2N3O2/c1-18-12-6-22-7-13-14(12)8-4-10(16)11(17)5-9(8)15(20-13)19-2-3-21/h4-5,12,18,21H,2-3,6-7H2,1H3,(H,19,20)/t12-/m0/s1. The van der Waals surface area contributed by atoms with Gasteiger partial charge in [-0.25, -0.2) is 13.8 Å². The summed E-state index contributed by atoms with van der Waals surface area (Å²) in [5.74, 6) is -1.40. The van der Waals surface area contributed by atoms with Crippen molar-refractivity contribution in [2.45, 2.75) is 12.6 Å². The van der Waals surface area contributed by atoms with E-state index in [2.05, 4.69) is 15.6 Å². The Morgan fingerprint density at radius 2 is 2.05 bits per heavy atom. The zero-order chi connectivity index (χ0) is 15.7. The van der Waals surface area contributed by atoms with Crippen molar-refractivity contribution in [2.75, 3.05) is 32.1 Å². The van der Waals surface area contributed by atoms with Gasteiger partial charge in [-0.1, -0.05) is 0 Å². The third-order valence-corrected chi connectivity index (χ3v) is 3.79. The van der Waals surface area contributed by atoms with Gasteiger partial charge in [-0.15, -0.1) is 0 Å². The summed E-state index contributed by atoms with van der Waals surface area (Å²) >= 11 is 0. The first-order valence-corrected chi connectivity index (χ1v) is 7.07. The molecule has 1 aliphatic heterocycles. The van der Waals surface area contributed by atoms with Gasteiger partial charge in [0, 0.05) is 17.5 Å². The quantitative estimate of drug-likeness (QED) is 0.802. The lowest BCUT2D eigenvalue weighted by atomic mass is 9.96. The van der Waals surface area contributed by atoms with Crippen LogP contribution >= 0.6 is 0 Å². The van der Waals surface area contributed by atoms with Crippen LogP contribution in [0.2, 0.25) is 0 Å². The minimum Gasteiger partial charge on any atom is -0.395 e. The van der Waals surface area contributed by atoms with E-state index in [1.54, 1.807) is 7.05 Å². The molecule has 0 saturated carbocycles. The van der Waals surface area contributed by atoms with Crippen molar-refractivity contribution in [3.63, 3.8) is 0 Å². The molecule has 0 aliphatic carbocycles. The van der Waals surface area contributed by atoms with Crippen LogP contribution in [0.15, 0.2) is 12.1 Å². The highest BCUT2D eigenvalue weighted by atomic mass is 19.2. The first-order chi connectivity index (χ1) is 10.7. The maximum atomic E-state index is 13.7. The van der Waals surface area contributed by atoms with Crippen LogP contribution in [0.4, 0.5) is 14.6 Å². The molecule has 0 unspecified atom stereocenters. The van der Waals surface area contributed by atoms with E-state index in [-0.39, 0.29) is 19.2 Å². The summed E-state index contributed by atoms with van der Waals surface area (Å²) in [6.07, 6.45) is 0. The van der Waals surface area contributed by atoms with Gasteiger partial charge < -0.3 is 20.5 Å². The maximum absolute atomic E-state index is 13.7. The van der Waals surface area contributed by atoms with Crippen molar-refractivity contribution in [3.05, 3.63) is 35.0 Å². The summed E-state index contributed by atoms with van der Waals surface area (Å²) in [5, 5.41) is 16.1. The fourth-order valence-corrected chi connectivity index (χ4v) is 2.77. The topological polar surface area (TPSA) is 66.4 Å². The first kappa shape index (κ1) is 15.1. The van der Waals surface area contributed by atoms with E-state index < -0.39 is 11.6 Å². The van der Waals surface area contributed by atoms with E-state index in [4.69, 9.17) is 9.84 Å². The van der Waals surface area contributed by atoms with Crippen molar-refractivity contribution >= 4 is 16.6 Å². The number of pyridine rings is 1. The lowest BCUT2D eigenvalue weighted by Crippen LogP contribution is -2.28. The molecule has 2 aromatic rings. The van der Waals surface area contributed by atoms with Gasteiger partial charge >= 0.3 is 0 Å². The van der Waals surface area contributed by atoms with E-state index in [1.807, 2.05) is 0 Å². The van der Waals surface area contributed by atoms with Crippen LogP contribution in [0, 0.1) is 11.6 Å². The third kappa shape index (κ3) is 2.51. The summed E-state index contributed by atoms with van der Waals surface area (Å²) in [6, 6.07) is 2.21. The van der Waals surface area contributed by atoms with Gasteiger partial charge in [0.2, 0.25) is 0 Å². The van der Waals surface area contributed by atoms with Gasteiger partial charge in [-0.3, -0.25) is 0 Å². The zero-order valence-corrected chi connectivity index (χ0v) is 12.1. The Labute approximate surface area is 126 Å². The molecule has 118 valence electrons. The average Bonchev–Trinajstić information content (AvgIpc) is 2.53. The number of hydrogen-bond donors (Lipinski definition) is 3. The number of benzene rings is 1. The van der Waals surface area contributed by atoms with Crippen LogP contribution < -0.4 is 10.6 Å². The number of aliphatic hydroxyl groups excluding tert-OH is 1. The Kier molecular flexibility index (Phi) is 4.19. The lowest BCUT2D eigenvalue weighted by Gasteiger charge is -2.27. The molecule has 0 amide bonds. The van der Waals surface area contributed by atoms with E-state index in [1.165, 1.54) is 6.07 Å². The van der Waals surface area contributed by atoms with Crippen molar-refractivity contribution in [3.8, 4) is 0 Å². The van der Waals surface area contributed by atoms with Crippen molar-refractivity contribution in [2.24, 2.45) is 0 Å². The van der Waals surface area contributed by atoms with Crippen LogP contribution in [0.1, 0.15) is 17.3 Å². The summed E-state index contributed by atoms with van der Waals surface area (Å²) < 4.78 is 32.9. The van der Waals surface area contributed by atoms with Gasteiger partial charge in [0.25, 0.3) is 0 Å². The van der Waals surface area contributed by atoms with Crippen molar-refractivity contribution in [1.29, 1.82) is 0 Å². The molecule has 7 heteroatoms. The van der Waals surface area contributed by atoms with Crippen molar-refractivity contribution in [1.82, 2.24) is 10.3 Å². The third-order valence-electron chi connectivity index (χ3n) is 3.79. The Balaban J connectivity index is 2.27. The van der Waals surface area contributed by atoms with Crippen LogP contribution in [0.3, 0.4) is 0 Å². The molecule has 0 fully saturated rings. The van der Waals surface area contributed by atoms with Crippen LogP contribution in [-0.2, 0) is 11.3 Å². The Morgan fingerprint density at radius 1 is 1.32 bits per heavy atom. The molecular weight excluding hydrogens is 292 g/mol. The van der Waals surface area contributed by atoms with Crippen LogP contribution in [-0.4, -0.2) is 36.9 Å². The Hall–Kier alpha value is -1.83. The molecule has 1 aromatic carbocycles. The molecule has 0 saturated heterocycles. The molecular formula is C15H17F2N3O2. The minimum atomic E-state index is -0.922. The smallest absolute Gasteiger partial charge is 0.159 e. The van der Waals surface area contributed by atoms with Gasteiger partial charge in [0.15, 0.2) is 11.6 Å². The second kappa shape index (κ2) is 6.12. The van der Waals surface area contributed by atoms with Gasteiger partial charge in [-0.2, -0.15) is 0 Å². The number of aliphatic hydroxyl groups is 1. The number of nitrogens with zero attached hydrogens (tertiary/aromatic N) is 1. The minimum absolute atomic E-state index is 0.0838. The Bertz CT molecular complexity index is 709. The normalized spacial score (nSPS) is 17.5. The zero-order valence-electron chi connectivity index (χ0n) is 12.1. The molecule has 0 radical (unpaired) electrons. The fourth-order valence-electron chi connectivity index (χ4n) is 2.77. The van der Waals surface area contributed by atoms with E-state index in [0.717, 1.165) is 11.6 Å². The molecule has 22 heavy (non-hydrogen) atoms. The fraction of sp³-hybridized carbons (Fsp3) is 0.400. The molecule has 1 atom stereocenters. The second-order valence-electron chi connectivity index (χ2n) is 5.14. The van der Waals surface area contributed by atoms with Gasteiger partial charge in [0.05, 0.1) is 31.6 Å². The monoisotopic (exact) mass is 309 g/mol. The second-order valence-corrected chi connectivity index (χ2v) is 5.14. The molecule has 0 bridgehead atoms. The molecule has 0 spiro atoms. The highest BCUT2D eigenvalue weighted by Gasteiger charge is 2.25. The predicted molar refractivity (Wildman–Crippen MR) is 78.7 cm³/mol. The van der Waals surface area contributed by atoms with Crippen LogP contribution in [0.5, 0.6) is 0 Å². The van der Waals surface area contributed by atoms with E-state index >= 15 is 0 Å². The molecule has 1 aromatic heterocycles. The highest BCUT2D eigenvalue weighted by Crippen LogP contribution is 2.35. The predicted octanol–water partition coefficient (Wildman–Crippen LogP) is 1.71. The molecule has 2 heterocycles. The first-order valence-electron chi connectivity index (χ1n) is 7.07. The number of rotatable bonds is 4. The number of nitrogens with one attached hydrogen (secondary N) is 2. The van der Waals surface area contributed by atoms with Gasteiger partial charge in [0.1, 0.15) is 5.82 Å². The number of hydrogen-bond acceptors (Lipinski definition) is 5. The summed E-state index contributed by atoms with van der Waals surface area (Å²) in [5.41, 5.74) is 1.52. The number of halogens is 2. The largest absolute Gasteiger partial charge is 0.395 e. The van der Waals surface area contributed by atoms with Crippen LogP contribution in [0.25, 0.3) is 10.8 Å². The molecule has 3 N–H and O–H groups in total. The molecule has 5 nitrogen and oxygen atoms in total. The summed E-state index contributed by atoms with van der Waals surface area (Å²) in [7, 11) is 1.78. The van der Waals surface area contributed by atoms with Gasteiger partial charge in [-0.05, 0) is 24.6 Å². The molecule has 1 aliphatic rings. The van der Waals surface area contributed by atoms with Crippen molar-refractivity contribution < 1.29 is 18.6 Å². The average molecular weight is 309 g/mol. The number of aromatic nitrogens is 1. The van der Waals surface area contributed by atoms with E-state index in [9.17, 15) is 8.78 Å². The number of ether oxygens (including phenoxy) is 1. The number of anilines is 1. The number of likely N-dealkylation sites (N-methyl/N-ethyl adjacent to an activating group) is 1. The highest BCUT2D eigenvalue weighted by molar-refractivity contribution is 5.95.